The Hall–Kier alpha value is -1.02. The normalized spacial score (nSPS) is 26.4. The Kier molecular flexibility index (Phi) is 8.43. The third-order valence-electron chi connectivity index (χ3n) is 5.43. The molecule has 2 unspecified atom stereocenters. The molecule has 5 nitrogen and oxygen atoms in total. The van der Waals surface area contributed by atoms with Crippen molar-refractivity contribution in [2.24, 2.45) is 5.92 Å². The standard InChI is InChI=1S/C21H29BrO5S/c1-3-5-6-8-14(20(25)26)16-11-13(23)12-21(16,27)19(24)15(7-4-2)17-9-10-18(22)28-17/h8-10,13,15-16,23,27H,3-7,11-12H2,1-2H3,(H,25,26)/t13-,15?,16?,21-/m0/s1. The van der Waals surface area contributed by atoms with E-state index in [0.717, 1.165) is 27.9 Å². The Labute approximate surface area is 178 Å². The molecule has 1 aromatic heterocycles. The lowest BCUT2D eigenvalue weighted by molar-refractivity contribution is -0.144. The largest absolute Gasteiger partial charge is 0.478 e. The van der Waals surface area contributed by atoms with Crippen molar-refractivity contribution in [2.45, 2.75) is 76.4 Å². The van der Waals surface area contributed by atoms with Gasteiger partial charge in [0, 0.05) is 22.8 Å². The van der Waals surface area contributed by atoms with Gasteiger partial charge in [0.05, 0.1) is 15.8 Å². The average molecular weight is 473 g/mol. The molecule has 3 N–H and O–H groups in total. The highest BCUT2D eigenvalue weighted by molar-refractivity contribution is 9.11. The Morgan fingerprint density at radius 3 is 2.61 bits per heavy atom. The Balaban J connectivity index is 2.41. The lowest BCUT2D eigenvalue weighted by Crippen LogP contribution is -2.46. The van der Waals surface area contributed by atoms with E-state index in [-0.39, 0.29) is 24.2 Å². The number of carbonyl (C=O) groups excluding carboxylic acids is 1. The molecular weight excluding hydrogens is 444 g/mol. The van der Waals surface area contributed by atoms with Gasteiger partial charge in [-0.3, -0.25) is 4.79 Å². The summed E-state index contributed by atoms with van der Waals surface area (Å²) in [7, 11) is 0. The monoisotopic (exact) mass is 472 g/mol. The number of halogens is 1. The number of hydrogen-bond donors (Lipinski definition) is 3. The van der Waals surface area contributed by atoms with E-state index in [4.69, 9.17) is 0 Å². The minimum absolute atomic E-state index is 0.0449. The van der Waals surface area contributed by atoms with Crippen molar-refractivity contribution >= 4 is 39.0 Å². The van der Waals surface area contributed by atoms with Crippen LogP contribution in [0.1, 0.15) is 69.6 Å². The van der Waals surface area contributed by atoms with Crippen molar-refractivity contribution in [3.8, 4) is 0 Å². The number of ketones is 1. The van der Waals surface area contributed by atoms with Crippen LogP contribution in [0, 0.1) is 5.92 Å². The number of rotatable bonds is 10. The van der Waals surface area contributed by atoms with Crippen molar-refractivity contribution in [3.63, 3.8) is 0 Å². The maximum Gasteiger partial charge on any atom is 0.331 e. The van der Waals surface area contributed by atoms with Crippen LogP contribution in [0.3, 0.4) is 0 Å². The van der Waals surface area contributed by atoms with Crippen LogP contribution >= 0.6 is 27.3 Å². The van der Waals surface area contributed by atoms with E-state index < -0.39 is 29.5 Å². The number of Topliss-reactive ketones (excluding diaryl/α,β-unsaturated/α-hetero) is 1. The van der Waals surface area contributed by atoms with E-state index in [9.17, 15) is 24.9 Å². The summed E-state index contributed by atoms with van der Waals surface area (Å²) in [6.45, 7) is 3.99. The molecule has 1 fully saturated rings. The highest BCUT2D eigenvalue weighted by Crippen LogP contribution is 2.46. The molecule has 1 saturated carbocycles. The number of aliphatic hydroxyl groups is 2. The van der Waals surface area contributed by atoms with Gasteiger partial charge in [-0.15, -0.1) is 11.3 Å². The molecule has 0 aliphatic heterocycles. The number of thiophene rings is 1. The fourth-order valence-corrected chi connectivity index (χ4v) is 5.61. The van der Waals surface area contributed by atoms with Crippen LogP contribution in [0.2, 0.25) is 0 Å². The number of allylic oxidation sites excluding steroid dienone is 1. The highest BCUT2D eigenvalue weighted by Gasteiger charge is 2.55. The van der Waals surface area contributed by atoms with Gasteiger partial charge in [-0.05, 0) is 47.3 Å². The van der Waals surface area contributed by atoms with E-state index in [1.54, 1.807) is 6.08 Å². The minimum Gasteiger partial charge on any atom is -0.478 e. The van der Waals surface area contributed by atoms with E-state index in [1.807, 2.05) is 26.0 Å². The molecule has 1 heterocycles. The maximum absolute atomic E-state index is 13.5. The first kappa shape index (κ1) is 23.3. The van der Waals surface area contributed by atoms with Gasteiger partial charge in [-0.2, -0.15) is 0 Å². The fourth-order valence-electron chi connectivity index (χ4n) is 4.06. The van der Waals surface area contributed by atoms with Gasteiger partial charge < -0.3 is 15.3 Å². The van der Waals surface area contributed by atoms with E-state index in [2.05, 4.69) is 15.9 Å². The molecule has 0 radical (unpaired) electrons. The third-order valence-corrected chi connectivity index (χ3v) is 7.17. The molecule has 7 heteroatoms. The zero-order valence-corrected chi connectivity index (χ0v) is 18.8. The van der Waals surface area contributed by atoms with E-state index >= 15 is 0 Å². The molecule has 0 bridgehead atoms. The zero-order chi connectivity index (χ0) is 20.9. The van der Waals surface area contributed by atoms with Crippen molar-refractivity contribution in [1.82, 2.24) is 0 Å². The number of aliphatic hydroxyl groups excluding tert-OH is 1. The first-order valence-corrected chi connectivity index (χ1v) is 11.5. The summed E-state index contributed by atoms with van der Waals surface area (Å²) in [5, 5.41) is 31.4. The lowest BCUT2D eigenvalue weighted by atomic mass is 9.75. The second kappa shape index (κ2) is 10.1. The summed E-state index contributed by atoms with van der Waals surface area (Å²) in [6, 6.07) is 3.74. The number of unbranched alkanes of at least 4 members (excludes halogenated alkanes) is 2. The second-order valence-corrected chi connectivity index (χ2v) is 10.0. The molecular formula is C21H29BrO5S. The topological polar surface area (TPSA) is 94.8 Å². The first-order chi connectivity index (χ1) is 13.2. The molecule has 0 amide bonds. The summed E-state index contributed by atoms with van der Waals surface area (Å²) in [5.41, 5.74) is -1.82. The predicted octanol–water partition coefficient (Wildman–Crippen LogP) is 4.67. The molecule has 1 aliphatic rings. The Morgan fingerprint density at radius 1 is 1.36 bits per heavy atom. The van der Waals surface area contributed by atoms with Crippen molar-refractivity contribution in [1.29, 1.82) is 0 Å². The summed E-state index contributed by atoms with van der Waals surface area (Å²) in [5.74, 6) is -2.92. The lowest BCUT2D eigenvalue weighted by Gasteiger charge is -2.32. The van der Waals surface area contributed by atoms with Crippen molar-refractivity contribution in [3.05, 3.63) is 32.4 Å². The molecule has 0 aromatic carbocycles. The summed E-state index contributed by atoms with van der Waals surface area (Å²) in [4.78, 5) is 26.2. The number of aliphatic carboxylic acids is 1. The van der Waals surface area contributed by atoms with Gasteiger partial charge in [0.1, 0.15) is 5.60 Å². The number of hydrogen-bond acceptors (Lipinski definition) is 5. The van der Waals surface area contributed by atoms with Crippen LogP contribution in [-0.4, -0.2) is 38.8 Å². The summed E-state index contributed by atoms with van der Waals surface area (Å²) in [6.07, 6.45) is 4.33. The number of carbonyl (C=O) groups is 2. The van der Waals surface area contributed by atoms with E-state index in [1.165, 1.54) is 11.3 Å². The maximum atomic E-state index is 13.5. The fraction of sp³-hybridized carbons (Fsp3) is 0.619. The minimum atomic E-state index is -1.87. The quantitative estimate of drug-likeness (QED) is 0.339. The third kappa shape index (κ3) is 5.12. The van der Waals surface area contributed by atoms with Crippen LogP contribution < -0.4 is 0 Å². The van der Waals surface area contributed by atoms with Crippen LogP contribution in [0.25, 0.3) is 0 Å². The summed E-state index contributed by atoms with van der Waals surface area (Å²) >= 11 is 4.86. The average Bonchev–Trinajstić information content (AvgIpc) is 3.19. The Morgan fingerprint density at radius 2 is 2.07 bits per heavy atom. The van der Waals surface area contributed by atoms with E-state index in [0.29, 0.717) is 12.8 Å². The molecule has 28 heavy (non-hydrogen) atoms. The highest BCUT2D eigenvalue weighted by atomic mass is 79.9. The number of carboxylic acid groups (broad SMARTS) is 1. The van der Waals surface area contributed by atoms with Gasteiger partial charge >= 0.3 is 5.97 Å². The molecule has 2 rings (SSSR count). The SMILES string of the molecule is CCCCC=C(C(=O)O)C1C[C@H](O)C[C@@]1(O)C(=O)C(CCC)c1ccc(Br)s1. The van der Waals surface area contributed by atoms with Crippen LogP contribution in [0.5, 0.6) is 0 Å². The first-order valence-electron chi connectivity index (χ1n) is 9.87. The predicted molar refractivity (Wildman–Crippen MR) is 114 cm³/mol. The zero-order valence-electron chi connectivity index (χ0n) is 16.4. The molecule has 0 spiro atoms. The van der Waals surface area contributed by atoms with Crippen LogP contribution in [-0.2, 0) is 9.59 Å². The Bertz CT molecular complexity index is 728. The molecule has 4 atom stereocenters. The summed E-state index contributed by atoms with van der Waals surface area (Å²) < 4.78 is 0.900. The van der Waals surface area contributed by atoms with Gasteiger partial charge in [0.2, 0.25) is 0 Å². The van der Waals surface area contributed by atoms with Crippen molar-refractivity contribution in [2.75, 3.05) is 0 Å². The molecule has 1 aromatic rings. The molecule has 156 valence electrons. The second-order valence-electron chi connectivity index (χ2n) is 7.52. The smallest absolute Gasteiger partial charge is 0.331 e. The molecule has 0 saturated heterocycles. The van der Waals surface area contributed by atoms with Gasteiger partial charge in [0.15, 0.2) is 5.78 Å². The number of carboxylic acids is 1. The molecule has 1 aliphatic carbocycles. The van der Waals surface area contributed by atoms with Gasteiger partial charge in [-0.25, -0.2) is 4.79 Å². The van der Waals surface area contributed by atoms with Gasteiger partial charge in [0.25, 0.3) is 0 Å². The van der Waals surface area contributed by atoms with Gasteiger partial charge in [-0.1, -0.05) is 39.2 Å². The van der Waals surface area contributed by atoms with Crippen LogP contribution in [0.15, 0.2) is 27.6 Å². The van der Waals surface area contributed by atoms with Crippen LogP contribution in [0.4, 0.5) is 0 Å². The van der Waals surface area contributed by atoms with Crippen molar-refractivity contribution < 1.29 is 24.9 Å².